The summed E-state index contributed by atoms with van der Waals surface area (Å²) in [7, 11) is 0. The number of ether oxygens (including phenoxy) is 1. The minimum Gasteiger partial charge on any atom is -0.425 e. The molecule has 1 atom stereocenters. The van der Waals surface area contributed by atoms with E-state index < -0.39 is 11.9 Å². The lowest BCUT2D eigenvalue weighted by atomic mass is 9.97. The summed E-state index contributed by atoms with van der Waals surface area (Å²) in [6.45, 7) is 0.904. The molecule has 4 nitrogen and oxygen atoms in total. The van der Waals surface area contributed by atoms with Crippen molar-refractivity contribution in [1.29, 1.82) is 0 Å². The third kappa shape index (κ3) is 4.32. The van der Waals surface area contributed by atoms with Crippen molar-refractivity contribution in [3.05, 3.63) is 63.1 Å². The summed E-state index contributed by atoms with van der Waals surface area (Å²) >= 11 is 17.9. The Morgan fingerprint density at radius 3 is 2.50 bits per heavy atom. The first-order valence-corrected chi connectivity index (χ1v) is 9.29. The van der Waals surface area contributed by atoms with Crippen molar-refractivity contribution >= 4 is 46.7 Å². The topological polar surface area (TPSA) is 46.6 Å². The second-order valence-electron chi connectivity index (χ2n) is 6.07. The largest absolute Gasteiger partial charge is 0.425 e. The number of esters is 1. The van der Waals surface area contributed by atoms with E-state index in [0.717, 1.165) is 6.42 Å². The van der Waals surface area contributed by atoms with Crippen LogP contribution >= 0.6 is 34.8 Å². The minimum absolute atomic E-state index is 0.125. The summed E-state index contributed by atoms with van der Waals surface area (Å²) in [6.07, 6.45) is 1.38. The highest BCUT2D eigenvalue weighted by atomic mass is 35.5. The van der Waals surface area contributed by atoms with Crippen LogP contribution < -0.4 is 4.74 Å². The quantitative estimate of drug-likeness (QED) is 0.520. The van der Waals surface area contributed by atoms with Gasteiger partial charge in [0.25, 0.3) is 5.91 Å². The fourth-order valence-corrected chi connectivity index (χ4v) is 3.34. The lowest BCUT2D eigenvalue weighted by molar-refractivity contribution is -0.140. The normalized spacial score (nSPS) is 17.0. The maximum Gasteiger partial charge on any atom is 0.316 e. The number of nitrogens with zero attached hydrogens (tertiary/aromatic N) is 1. The maximum absolute atomic E-state index is 12.6. The molecule has 0 bridgehead atoms. The van der Waals surface area contributed by atoms with E-state index in [2.05, 4.69) is 0 Å². The fourth-order valence-electron chi connectivity index (χ4n) is 2.88. The SMILES string of the molecule is O=C(Oc1cccc(Cl)c1Cl)[C@@H]1CCCN(C(=O)c2ccc(Cl)cc2)C1. The molecular formula is C19H16Cl3NO3. The van der Waals surface area contributed by atoms with Gasteiger partial charge in [0.15, 0.2) is 5.75 Å². The predicted octanol–water partition coefficient (Wildman–Crippen LogP) is 5.10. The highest BCUT2D eigenvalue weighted by Crippen LogP contribution is 2.32. The lowest BCUT2D eigenvalue weighted by Crippen LogP contribution is -2.43. The molecule has 0 spiro atoms. The molecule has 0 N–H and O–H groups in total. The first-order valence-electron chi connectivity index (χ1n) is 8.16. The zero-order valence-electron chi connectivity index (χ0n) is 13.8. The number of piperidine rings is 1. The number of hydrogen-bond donors (Lipinski definition) is 0. The molecule has 26 heavy (non-hydrogen) atoms. The van der Waals surface area contributed by atoms with Crippen LogP contribution in [0, 0.1) is 5.92 Å². The number of likely N-dealkylation sites (tertiary alicyclic amines) is 1. The lowest BCUT2D eigenvalue weighted by Gasteiger charge is -2.31. The monoisotopic (exact) mass is 411 g/mol. The molecule has 0 aromatic heterocycles. The Bertz CT molecular complexity index is 823. The van der Waals surface area contributed by atoms with Crippen LogP contribution in [0.3, 0.4) is 0 Å². The molecular weight excluding hydrogens is 397 g/mol. The standard InChI is InChI=1S/C19H16Cl3NO3/c20-14-8-6-12(7-9-14)18(24)23-10-2-3-13(11-23)19(25)26-16-5-1-4-15(21)17(16)22/h1,4-9,13H,2-3,10-11H2/t13-/m1/s1. The van der Waals surface area contributed by atoms with E-state index in [4.69, 9.17) is 39.5 Å². The summed E-state index contributed by atoms with van der Waals surface area (Å²) in [5.41, 5.74) is 0.543. The molecule has 0 radical (unpaired) electrons. The number of hydrogen-bond acceptors (Lipinski definition) is 3. The summed E-state index contributed by atoms with van der Waals surface area (Å²) in [6, 6.07) is 11.6. The van der Waals surface area contributed by atoms with Gasteiger partial charge in [0, 0.05) is 23.7 Å². The Kier molecular flexibility index (Phi) is 6.07. The van der Waals surface area contributed by atoms with E-state index in [-0.39, 0.29) is 16.7 Å². The van der Waals surface area contributed by atoms with Crippen molar-refractivity contribution < 1.29 is 14.3 Å². The number of rotatable bonds is 3. The van der Waals surface area contributed by atoms with Crippen LogP contribution in [0.4, 0.5) is 0 Å². The van der Waals surface area contributed by atoms with Crippen molar-refractivity contribution in [2.45, 2.75) is 12.8 Å². The first kappa shape index (κ1) is 19.0. The van der Waals surface area contributed by atoms with Crippen molar-refractivity contribution in [1.82, 2.24) is 4.90 Å². The van der Waals surface area contributed by atoms with Crippen LogP contribution in [0.1, 0.15) is 23.2 Å². The molecule has 0 saturated carbocycles. The molecule has 1 heterocycles. The Morgan fingerprint density at radius 2 is 1.77 bits per heavy atom. The zero-order chi connectivity index (χ0) is 18.7. The van der Waals surface area contributed by atoms with Gasteiger partial charge in [-0.25, -0.2) is 0 Å². The van der Waals surface area contributed by atoms with E-state index in [1.807, 2.05) is 0 Å². The summed E-state index contributed by atoms with van der Waals surface area (Å²) in [5.74, 6) is -0.719. The van der Waals surface area contributed by atoms with Gasteiger partial charge in [-0.3, -0.25) is 9.59 Å². The minimum atomic E-state index is -0.414. The van der Waals surface area contributed by atoms with Crippen LogP contribution in [-0.2, 0) is 4.79 Å². The molecule has 0 unspecified atom stereocenters. The second-order valence-corrected chi connectivity index (χ2v) is 7.29. The molecule has 136 valence electrons. The van der Waals surface area contributed by atoms with Gasteiger partial charge >= 0.3 is 5.97 Å². The highest BCUT2D eigenvalue weighted by molar-refractivity contribution is 6.43. The number of amides is 1. The predicted molar refractivity (Wildman–Crippen MR) is 102 cm³/mol. The average molecular weight is 413 g/mol. The molecule has 3 rings (SSSR count). The molecule has 1 saturated heterocycles. The molecule has 1 aliphatic heterocycles. The molecule has 7 heteroatoms. The Balaban J connectivity index is 1.67. The van der Waals surface area contributed by atoms with Crippen LogP contribution in [0.15, 0.2) is 42.5 Å². The van der Waals surface area contributed by atoms with Gasteiger partial charge in [-0.05, 0) is 49.2 Å². The summed E-state index contributed by atoms with van der Waals surface area (Å²) < 4.78 is 5.40. The Morgan fingerprint density at radius 1 is 1.04 bits per heavy atom. The second kappa shape index (κ2) is 8.30. The molecule has 1 amide bonds. The Hall–Kier alpha value is -1.75. The van der Waals surface area contributed by atoms with Crippen molar-refractivity contribution in [2.75, 3.05) is 13.1 Å². The zero-order valence-corrected chi connectivity index (χ0v) is 16.0. The van der Waals surface area contributed by atoms with Crippen molar-refractivity contribution in [3.63, 3.8) is 0 Å². The Labute approximate surface area is 166 Å². The summed E-state index contributed by atoms with van der Waals surface area (Å²) in [4.78, 5) is 26.8. The molecule has 1 aliphatic rings. The van der Waals surface area contributed by atoms with Gasteiger partial charge in [0.05, 0.1) is 10.9 Å². The van der Waals surface area contributed by atoms with Crippen LogP contribution in [0.5, 0.6) is 5.75 Å². The smallest absolute Gasteiger partial charge is 0.316 e. The van der Waals surface area contributed by atoms with Gasteiger partial charge in [-0.15, -0.1) is 0 Å². The number of carbonyl (C=O) groups excluding carboxylic acids is 2. The van der Waals surface area contributed by atoms with E-state index in [0.29, 0.717) is 35.1 Å². The molecule has 0 aliphatic carbocycles. The van der Waals surface area contributed by atoms with Gasteiger partial charge in [-0.1, -0.05) is 40.9 Å². The number of halogens is 3. The van der Waals surface area contributed by atoms with Gasteiger partial charge in [0.2, 0.25) is 0 Å². The third-order valence-electron chi connectivity index (χ3n) is 4.26. The number of benzene rings is 2. The maximum atomic E-state index is 12.6. The van der Waals surface area contributed by atoms with Crippen LogP contribution in [-0.4, -0.2) is 29.9 Å². The third-order valence-corrected chi connectivity index (χ3v) is 5.31. The molecule has 1 fully saturated rings. The molecule has 2 aromatic rings. The van der Waals surface area contributed by atoms with Gasteiger partial charge in [-0.2, -0.15) is 0 Å². The van der Waals surface area contributed by atoms with E-state index in [1.165, 1.54) is 0 Å². The van der Waals surface area contributed by atoms with Crippen molar-refractivity contribution in [3.8, 4) is 5.75 Å². The molecule has 2 aromatic carbocycles. The fraction of sp³-hybridized carbons (Fsp3) is 0.263. The van der Waals surface area contributed by atoms with E-state index in [1.54, 1.807) is 47.4 Å². The number of carbonyl (C=O) groups is 2. The van der Waals surface area contributed by atoms with Gasteiger partial charge in [0.1, 0.15) is 5.02 Å². The first-order chi connectivity index (χ1) is 12.5. The van der Waals surface area contributed by atoms with E-state index in [9.17, 15) is 9.59 Å². The average Bonchev–Trinajstić information content (AvgIpc) is 2.65. The highest BCUT2D eigenvalue weighted by Gasteiger charge is 2.30. The van der Waals surface area contributed by atoms with E-state index >= 15 is 0 Å². The van der Waals surface area contributed by atoms with Crippen molar-refractivity contribution in [2.24, 2.45) is 5.92 Å². The van der Waals surface area contributed by atoms with Crippen LogP contribution in [0.25, 0.3) is 0 Å². The summed E-state index contributed by atoms with van der Waals surface area (Å²) in [5, 5.41) is 1.09. The van der Waals surface area contributed by atoms with Gasteiger partial charge < -0.3 is 9.64 Å². The van der Waals surface area contributed by atoms with Crippen LogP contribution in [0.2, 0.25) is 15.1 Å².